The number of anilines is 3. The van der Waals surface area contributed by atoms with Gasteiger partial charge in [0.2, 0.25) is 0 Å². The molecule has 0 spiro atoms. The van der Waals surface area contributed by atoms with Gasteiger partial charge in [-0.25, -0.2) is 4.39 Å². The average Bonchev–Trinajstić information content (AvgIpc) is 3.09. The van der Waals surface area contributed by atoms with E-state index in [1.165, 1.54) is 23.3 Å². The Hall–Kier alpha value is -5.98. The van der Waals surface area contributed by atoms with Crippen molar-refractivity contribution < 1.29 is 4.39 Å². The molecule has 0 bridgehead atoms. The molecule has 7 aromatic carbocycles. The van der Waals surface area contributed by atoms with Crippen LogP contribution in [0, 0.1) is 17.1 Å². The van der Waals surface area contributed by atoms with E-state index < -0.39 is 5.82 Å². The Labute approximate surface area is 256 Å². The molecule has 44 heavy (non-hydrogen) atoms. The summed E-state index contributed by atoms with van der Waals surface area (Å²) in [5, 5.41) is 11.7. The van der Waals surface area contributed by atoms with Crippen molar-refractivity contribution in [3.8, 4) is 39.4 Å². The van der Waals surface area contributed by atoms with E-state index in [2.05, 4.69) is 108 Å². The first-order valence-corrected chi connectivity index (χ1v) is 14.5. The molecule has 0 amide bonds. The lowest BCUT2D eigenvalue weighted by Crippen LogP contribution is -2.10. The fraction of sp³-hybridized carbons (Fsp3) is 0. The standard InChI is InChI=1S/C41H27FN2/c42-36-22-29(28-43)21-34(24-36)32-15-10-18-38(25-32)44(37-16-8-3-9-17-37)39-20-19-33-23-35(30-11-4-1-5-12-30)26-40(41(33)27-39)31-13-6-2-7-14-31/h1-27H. The van der Waals surface area contributed by atoms with Gasteiger partial charge < -0.3 is 4.90 Å². The van der Waals surface area contributed by atoms with Crippen LogP contribution in [0.4, 0.5) is 21.5 Å². The van der Waals surface area contributed by atoms with E-state index in [4.69, 9.17) is 0 Å². The van der Waals surface area contributed by atoms with Crippen LogP contribution in [0.1, 0.15) is 5.56 Å². The van der Waals surface area contributed by atoms with Gasteiger partial charge in [-0.3, -0.25) is 0 Å². The highest BCUT2D eigenvalue weighted by molar-refractivity contribution is 6.02. The van der Waals surface area contributed by atoms with Crippen LogP contribution in [0.3, 0.4) is 0 Å². The lowest BCUT2D eigenvalue weighted by molar-refractivity contribution is 0.628. The molecule has 0 atom stereocenters. The predicted molar refractivity (Wildman–Crippen MR) is 180 cm³/mol. The Morgan fingerprint density at radius 3 is 1.80 bits per heavy atom. The fourth-order valence-electron chi connectivity index (χ4n) is 5.81. The maximum absolute atomic E-state index is 14.4. The van der Waals surface area contributed by atoms with Crippen LogP contribution in [-0.2, 0) is 0 Å². The van der Waals surface area contributed by atoms with Crippen molar-refractivity contribution in [2.75, 3.05) is 4.90 Å². The maximum Gasteiger partial charge on any atom is 0.125 e. The van der Waals surface area contributed by atoms with E-state index in [-0.39, 0.29) is 0 Å². The molecule has 0 N–H and O–H groups in total. The molecular formula is C41H27FN2. The van der Waals surface area contributed by atoms with E-state index in [1.807, 2.05) is 48.5 Å². The minimum atomic E-state index is -0.429. The van der Waals surface area contributed by atoms with Crippen molar-refractivity contribution >= 4 is 27.8 Å². The molecule has 7 rings (SSSR count). The first-order chi connectivity index (χ1) is 21.7. The second-order valence-electron chi connectivity index (χ2n) is 10.7. The lowest BCUT2D eigenvalue weighted by atomic mass is 9.92. The molecule has 2 nitrogen and oxygen atoms in total. The van der Waals surface area contributed by atoms with Gasteiger partial charge in [0.1, 0.15) is 5.82 Å². The summed E-state index contributed by atoms with van der Waals surface area (Å²) in [5.41, 5.74) is 9.38. The highest BCUT2D eigenvalue weighted by Gasteiger charge is 2.16. The number of para-hydroxylation sites is 1. The minimum absolute atomic E-state index is 0.295. The van der Waals surface area contributed by atoms with Gasteiger partial charge in [0.15, 0.2) is 0 Å². The number of hydrogen-bond donors (Lipinski definition) is 0. The van der Waals surface area contributed by atoms with Crippen LogP contribution in [0.15, 0.2) is 164 Å². The quantitative estimate of drug-likeness (QED) is 0.200. The second kappa shape index (κ2) is 11.7. The van der Waals surface area contributed by atoms with Crippen LogP contribution in [0.5, 0.6) is 0 Å². The lowest BCUT2D eigenvalue weighted by Gasteiger charge is -2.27. The second-order valence-corrected chi connectivity index (χ2v) is 10.7. The van der Waals surface area contributed by atoms with Gasteiger partial charge in [-0.2, -0.15) is 5.26 Å². The number of nitrogens with zero attached hydrogens (tertiary/aromatic N) is 2. The molecule has 0 fully saturated rings. The number of halogens is 1. The van der Waals surface area contributed by atoms with E-state index in [1.54, 1.807) is 6.07 Å². The normalized spacial score (nSPS) is 10.8. The Morgan fingerprint density at radius 2 is 1.07 bits per heavy atom. The van der Waals surface area contributed by atoms with Crippen molar-refractivity contribution in [2.24, 2.45) is 0 Å². The van der Waals surface area contributed by atoms with Crippen LogP contribution in [0.2, 0.25) is 0 Å². The molecule has 0 heterocycles. The smallest absolute Gasteiger partial charge is 0.125 e. The average molecular weight is 567 g/mol. The molecule has 0 aliphatic carbocycles. The van der Waals surface area contributed by atoms with Crippen molar-refractivity contribution in [3.63, 3.8) is 0 Å². The van der Waals surface area contributed by atoms with Crippen LogP contribution >= 0.6 is 0 Å². The van der Waals surface area contributed by atoms with Crippen LogP contribution < -0.4 is 4.90 Å². The van der Waals surface area contributed by atoms with Gasteiger partial charge in [-0.05, 0) is 111 Å². The van der Waals surface area contributed by atoms with E-state index in [9.17, 15) is 9.65 Å². The highest BCUT2D eigenvalue weighted by Crippen LogP contribution is 2.41. The molecule has 208 valence electrons. The predicted octanol–water partition coefficient (Wildman–Crippen LogP) is 11.3. The number of fused-ring (bicyclic) bond motifs is 1. The zero-order valence-corrected chi connectivity index (χ0v) is 23.9. The van der Waals surface area contributed by atoms with Gasteiger partial charge in [0.05, 0.1) is 11.6 Å². The van der Waals surface area contributed by atoms with E-state index in [0.717, 1.165) is 44.5 Å². The molecular weight excluding hydrogens is 539 g/mol. The summed E-state index contributed by atoms with van der Waals surface area (Å²) in [7, 11) is 0. The molecule has 0 saturated carbocycles. The molecule has 0 unspecified atom stereocenters. The highest BCUT2D eigenvalue weighted by atomic mass is 19.1. The molecule has 0 radical (unpaired) electrons. The summed E-state index contributed by atoms with van der Waals surface area (Å²) in [6.45, 7) is 0. The third-order valence-corrected chi connectivity index (χ3v) is 7.87. The Kier molecular flexibility index (Phi) is 7.16. The molecule has 3 heteroatoms. The largest absolute Gasteiger partial charge is 0.310 e. The minimum Gasteiger partial charge on any atom is -0.310 e. The van der Waals surface area contributed by atoms with Crippen molar-refractivity contribution in [1.82, 2.24) is 0 Å². The van der Waals surface area contributed by atoms with Gasteiger partial charge in [0, 0.05) is 17.1 Å². The third-order valence-electron chi connectivity index (χ3n) is 7.87. The van der Waals surface area contributed by atoms with Crippen LogP contribution in [-0.4, -0.2) is 0 Å². The molecule has 0 aliphatic heterocycles. The summed E-state index contributed by atoms with van der Waals surface area (Å²) >= 11 is 0. The molecule has 7 aromatic rings. The monoisotopic (exact) mass is 566 g/mol. The van der Waals surface area contributed by atoms with E-state index >= 15 is 0 Å². The van der Waals surface area contributed by atoms with Crippen molar-refractivity contribution in [1.29, 1.82) is 5.26 Å². The first kappa shape index (κ1) is 26.9. The number of rotatable bonds is 6. The van der Waals surface area contributed by atoms with Crippen molar-refractivity contribution in [2.45, 2.75) is 0 Å². The SMILES string of the molecule is N#Cc1cc(F)cc(-c2cccc(N(c3ccccc3)c3ccc4cc(-c5ccccc5)cc(-c5ccccc5)c4c3)c2)c1. The Balaban J connectivity index is 1.42. The Bertz CT molecular complexity index is 2130. The van der Waals surface area contributed by atoms with Crippen molar-refractivity contribution in [3.05, 3.63) is 175 Å². The zero-order valence-electron chi connectivity index (χ0n) is 23.9. The van der Waals surface area contributed by atoms with Gasteiger partial charge in [-0.15, -0.1) is 0 Å². The van der Waals surface area contributed by atoms with Crippen LogP contribution in [0.25, 0.3) is 44.2 Å². The number of nitriles is 1. The zero-order chi connectivity index (χ0) is 29.9. The number of benzene rings is 7. The topological polar surface area (TPSA) is 27.0 Å². The summed E-state index contributed by atoms with van der Waals surface area (Å²) in [6, 6.07) is 56.9. The van der Waals surface area contributed by atoms with E-state index in [0.29, 0.717) is 11.1 Å². The fourth-order valence-corrected chi connectivity index (χ4v) is 5.81. The number of hydrogen-bond acceptors (Lipinski definition) is 2. The maximum atomic E-state index is 14.4. The van der Waals surface area contributed by atoms with Gasteiger partial charge >= 0.3 is 0 Å². The summed E-state index contributed by atoms with van der Waals surface area (Å²) in [5.74, 6) is -0.429. The summed E-state index contributed by atoms with van der Waals surface area (Å²) < 4.78 is 14.4. The van der Waals surface area contributed by atoms with Gasteiger partial charge in [0.25, 0.3) is 0 Å². The summed E-state index contributed by atoms with van der Waals surface area (Å²) in [4.78, 5) is 2.22. The Morgan fingerprint density at radius 1 is 0.455 bits per heavy atom. The molecule has 0 aliphatic rings. The molecule has 0 saturated heterocycles. The third kappa shape index (κ3) is 5.33. The summed E-state index contributed by atoms with van der Waals surface area (Å²) in [6.07, 6.45) is 0. The first-order valence-electron chi connectivity index (χ1n) is 14.5. The molecule has 0 aromatic heterocycles. The van der Waals surface area contributed by atoms with Gasteiger partial charge in [-0.1, -0.05) is 97.1 Å².